The molecule has 0 heterocycles. The normalized spacial score (nSPS) is 14.3. The predicted octanol–water partition coefficient (Wildman–Crippen LogP) is 3.87. The molecule has 0 saturated carbocycles. The Labute approximate surface area is 78.9 Å². The number of allylic oxidation sites excluding steroid dienone is 6. The molecule has 2 heteroatoms. The number of halogens is 1. The third kappa shape index (κ3) is 5.91. The third-order valence-corrected chi connectivity index (χ3v) is 1.36. The van der Waals surface area contributed by atoms with Crippen LogP contribution in [-0.4, -0.2) is 0 Å². The molecule has 0 rings (SSSR count). The molecular formula is C11H15FO. The van der Waals surface area contributed by atoms with E-state index in [1.165, 1.54) is 25.2 Å². The van der Waals surface area contributed by atoms with E-state index < -0.39 is 0 Å². The summed E-state index contributed by atoms with van der Waals surface area (Å²) in [5.41, 5.74) is 0. The van der Waals surface area contributed by atoms with E-state index in [1.54, 1.807) is 0 Å². The van der Waals surface area contributed by atoms with Gasteiger partial charge in [0.2, 0.25) is 0 Å². The predicted molar refractivity (Wildman–Crippen MR) is 53.7 cm³/mol. The Morgan fingerprint density at radius 1 is 1.31 bits per heavy atom. The molecule has 0 aromatic rings. The van der Waals surface area contributed by atoms with Crippen molar-refractivity contribution in [3.05, 3.63) is 48.2 Å². The molecule has 0 bridgehead atoms. The van der Waals surface area contributed by atoms with E-state index in [1.807, 2.05) is 19.9 Å². The van der Waals surface area contributed by atoms with Crippen molar-refractivity contribution in [2.24, 2.45) is 0 Å². The lowest BCUT2D eigenvalue weighted by Crippen LogP contribution is -1.85. The Hall–Kier alpha value is -1.31. The number of hydrogen-bond donors (Lipinski definition) is 0. The van der Waals surface area contributed by atoms with E-state index in [0.29, 0.717) is 5.76 Å². The largest absolute Gasteiger partial charge is 0.462 e. The molecule has 0 saturated heterocycles. The van der Waals surface area contributed by atoms with Crippen molar-refractivity contribution in [3.63, 3.8) is 0 Å². The second-order valence-electron chi connectivity index (χ2n) is 2.53. The van der Waals surface area contributed by atoms with E-state index in [9.17, 15) is 4.39 Å². The van der Waals surface area contributed by atoms with Crippen LogP contribution in [0.3, 0.4) is 0 Å². The number of rotatable bonds is 4. The molecule has 13 heavy (non-hydrogen) atoms. The second kappa shape index (κ2) is 6.23. The minimum Gasteiger partial charge on any atom is -0.462 e. The highest BCUT2D eigenvalue weighted by molar-refractivity contribution is 5.19. The molecule has 0 amide bonds. The van der Waals surface area contributed by atoms with Gasteiger partial charge in [-0.1, -0.05) is 6.58 Å². The lowest BCUT2D eigenvalue weighted by atomic mass is 10.4. The van der Waals surface area contributed by atoms with E-state index in [4.69, 9.17) is 4.74 Å². The minimum atomic E-state index is -0.263. The Bertz CT molecular complexity index is 255. The molecule has 0 N–H and O–H groups in total. The van der Waals surface area contributed by atoms with Crippen LogP contribution < -0.4 is 0 Å². The summed E-state index contributed by atoms with van der Waals surface area (Å²) in [6, 6.07) is 0. The first-order valence-electron chi connectivity index (χ1n) is 4.07. The lowest BCUT2D eigenvalue weighted by Gasteiger charge is -2.04. The average molecular weight is 182 g/mol. The van der Waals surface area contributed by atoms with Crippen molar-refractivity contribution >= 4 is 0 Å². The Morgan fingerprint density at radius 3 is 2.31 bits per heavy atom. The molecule has 0 spiro atoms. The van der Waals surface area contributed by atoms with E-state index in [2.05, 4.69) is 6.58 Å². The molecule has 0 radical (unpaired) electrons. The monoisotopic (exact) mass is 182 g/mol. The van der Waals surface area contributed by atoms with E-state index in [-0.39, 0.29) is 5.83 Å². The van der Waals surface area contributed by atoms with Crippen LogP contribution in [0.4, 0.5) is 4.39 Å². The van der Waals surface area contributed by atoms with Gasteiger partial charge in [-0.3, -0.25) is 0 Å². The molecule has 0 aromatic carbocycles. The highest BCUT2D eigenvalue weighted by Crippen LogP contribution is 2.07. The van der Waals surface area contributed by atoms with Crippen LogP contribution in [0.1, 0.15) is 20.8 Å². The molecule has 0 unspecified atom stereocenters. The first-order valence-corrected chi connectivity index (χ1v) is 4.07. The van der Waals surface area contributed by atoms with Crippen LogP contribution >= 0.6 is 0 Å². The second-order valence-corrected chi connectivity index (χ2v) is 2.53. The van der Waals surface area contributed by atoms with Gasteiger partial charge in [0, 0.05) is 0 Å². The summed E-state index contributed by atoms with van der Waals surface area (Å²) >= 11 is 0. The summed E-state index contributed by atoms with van der Waals surface area (Å²) in [4.78, 5) is 0. The summed E-state index contributed by atoms with van der Waals surface area (Å²) in [6.07, 6.45) is 6.23. The van der Waals surface area contributed by atoms with Crippen LogP contribution in [-0.2, 0) is 4.74 Å². The summed E-state index contributed by atoms with van der Waals surface area (Å²) in [5, 5.41) is 0. The molecule has 0 aliphatic rings. The van der Waals surface area contributed by atoms with Crippen LogP contribution in [0.15, 0.2) is 48.2 Å². The van der Waals surface area contributed by atoms with Gasteiger partial charge in [0.15, 0.2) is 0 Å². The standard InChI is InChI=1S/C11H15FO/c1-5-10(4)13-11(6-2)8-7-9(3)12/h5-8H,2H2,1,3-4H3. The van der Waals surface area contributed by atoms with Crippen molar-refractivity contribution in [3.8, 4) is 0 Å². The van der Waals surface area contributed by atoms with Gasteiger partial charge >= 0.3 is 0 Å². The molecule has 1 nitrogen and oxygen atoms in total. The van der Waals surface area contributed by atoms with Crippen LogP contribution in [0.5, 0.6) is 0 Å². The molecule has 0 aromatic heterocycles. The maximum absolute atomic E-state index is 12.3. The van der Waals surface area contributed by atoms with Crippen molar-refractivity contribution in [1.82, 2.24) is 0 Å². The fraction of sp³-hybridized carbons (Fsp3) is 0.273. The summed E-state index contributed by atoms with van der Waals surface area (Å²) < 4.78 is 17.6. The quantitative estimate of drug-likeness (QED) is 0.473. The fourth-order valence-electron chi connectivity index (χ4n) is 0.586. The van der Waals surface area contributed by atoms with Gasteiger partial charge < -0.3 is 4.74 Å². The van der Waals surface area contributed by atoms with Gasteiger partial charge in [-0.25, -0.2) is 4.39 Å². The summed E-state index contributed by atoms with van der Waals surface area (Å²) in [7, 11) is 0. The first kappa shape index (κ1) is 11.7. The Morgan fingerprint density at radius 2 is 1.92 bits per heavy atom. The summed E-state index contributed by atoms with van der Waals surface area (Å²) in [5.74, 6) is 1.03. The van der Waals surface area contributed by atoms with Gasteiger partial charge in [-0.05, 0) is 45.1 Å². The van der Waals surface area contributed by atoms with Crippen molar-refractivity contribution in [2.75, 3.05) is 0 Å². The van der Waals surface area contributed by atoms with Gasteiger partial charge in [0.05, 0.1) is 11.6 Å². The summed E-state index contributed by atoms with van der Waals surface area (Å²) in [6.45, 7) is 8.62. The molecular weight excluding hydrogens is 167 g/mol. The topological polar surface area (TPSA) is 9.23 Å². The number of ether oxygens (including phenoxy) is 1. The zero-order chi connectivity index (χ0) is 10.3. The smallest absolute Gasteiger partial charge is 0.126 e. The van der Waals surface area contributed by atoms with Gasteiger partial charge in [-0.2, -0.15) is 0 Å². The minimum absolute atomic E-state index is 0.263. The van der Waals surface area contributed by atoms with Crippen LogP contribution in [0.25, 0.3) is 0 Å². The third-order valence-electron chi connectivity index (χ3n) is 1.36. The van der Waals surface area contributed by atoms with Crippen LogP contribution in [0.2, 0.25) is 0 Å². The van der Waals surface area contributed by atoms with E-state index >= 15 is 0 Å². The Balaban J connectivity index is 4.44. The molecule has 72 valence electrons. The highest BCUT2D eigenvalue weighted by Gasteiger charge is 1.92. The zero-order valence-electron chi connectivity index (χ0n) is 8.30. The first-order chi connectivity index (χ1) is 6.10. The molecule has 0 atom stereocenters. The molecule has 0 aliphatic carbocycles. The van der Waals surface area contributed by atoms with Crippen molar-refractivity contribution in [1.29, 1.82) is 0 Å². The van der Waals surface area contributed by atoms with Crippen molar-refractivity contribution < 1.29 is 9.13 Å². The van der Waals surface area contributed by atoms with Gasteiger partial charge in [0.25, 0.3) is 0 Å². The zero-order valence-corrected chi connectivity index (χ0v) is 8.30. The average Bonchev–Trinajstić information content (AvgIpc) is 2.11. The maximum atomic E-state index is 12.3. The van der Waals surface area contributed by atoms with Crippen molar-refractivity contribution in [2.45, 2.75) is 20.8 Å². The van der Waals surface area contributed by atoms with E-state index in [0.717, 1.165) is 5.76 Å². The molecule has 0 aliphatic heterocycles. The van der Waals surface area contributed by atoms with Crippen LogP contribution in [0, 0.1) is 0 Å². The highest BCUT2D eigenvalue weighted by atomic mass is 19.1. The molecule has 0 fully saturated rings. The van der Waals surface area contributed by atoms with Gasteiger partial charge in [0.1, 0.15) is 5.76 Å². The number of hydrogen-bond acceptors (Lipinski definition) is 1. The SMILES string of the molecule is C=CC(=CC=C(C)F)OC(C)=CC. The lowest BCUT2D eigenvalue weighted by molar-refractivity contribution is 0.322. The van der Waals surface area contributed by atoms with Gasteiger partial charge in [-0.15, -0.1) is 0 Å². The maximum Gasteiger partial charge on any atom is 0.126 e. The Kier molecular flexibility index (Phi) is 5.60. The fourth-order valence-corrected chi connectivity index (χ4v) is 0.586.